The molecule has 2 atom stereocenters. The lowest BCUT2D eigenvalue weighted by Gasteiger charge is -2.37. The molecule has 118 valence electrons. The highest BCUT2D eigenvalue weighted by molar-refractivity contribution is 5.33. The van der Waals surface area contributed by atoms with Gasteiger partial charge in [-0.3, -0.25) is 4.74 Å². The van der Waals surface area contributed by atoms with Crippen LogP contribution in [0.1, 0.15) is 27.7 Å². The summed E-state index contributed by atoms with van der Waals surface area (Å²) in [5.41, 5.74) is 0. The van der Waals surface area contributed by atoms with E-state index in [1.807, 2.05) is 24.3 Å². The first-order chi connectivity index (χ1) is 10.2. The fraction of sp³-hybridized carbons (Fsp3) is 0.625. The van der Waals surface area contributed by atoms with E-state index in [-0.39, 0.29) is 0 Å². The Morgan fingerprint density at radius 1 is 0.810 bits per heavy atom. The van der Waals surface area contributed by atoms with Gasteiger partial charge in [0.2, 0.25) is 0 Å². The van der Waals surface area contributed by atoms with Crippen LogP contribution in [0, 0.1) is 0 Å². The molecule has 1 aliphatic rings. The van der Waals surface area contributed by atoms with Crippen LogP contribution in [-0.2, 0) is 4.74 Å². The molecule has 2 rings (SSSR count). The molecule has 1 aromatic carbocycles. The zero-order chi connectivity index (χ0) is 15.2. The minimum absolute atomic E-state index is 0.443. The molecule has 2 bridgehead atoms. The Morgan fingerprint density at radius 3 is 1.62 bits per heavy atom. The Kier molecular flexibility index (Phi) is 5.85. The fourth-order valence-electron chi connectivity index (χ4n) is 2.37. The number of rotatable bonds is 6. The smallest absolute Gasteiger partial charge is 0.266 e. The minimum atomic E-state index is -0.443. The van der Waals surface area contributed by atoms with E-state index in [4.69, 9.17) is 14.2 Å². The van der Waals surface area contributed by atoms with Crippen molar-refractivity contribution in [2.45, 2.75) is 40.5 Å². The van der Waals surface area contributed by atoms with Gasteiger partial charge in [-0.2, -0.15) is 0 Å². The van der Waals surface area contributed by atoms with E-state index in [2.05, 4.69) is 37.5 Å². The number of benzene rings is 1. The van der Waals surface area contributed by atoms with Crippen LogP contribution >= 0.6 is 0 Å². The molecule has 0 saturated carbocycles. The van der Waals surface area contributed by atoms with Crippen molar-refractivity contribution in [3.8, 4) is 11.5 Å². The SMILES string of the molecule is CCN(CC)C1Oc2cccc(c2)OC(N(CC)CC)O1. The summed E-state index contributed by atoms with van der Waals surface area (Å²) < 4.78 is 18.1. The average molecular weight is 294 g/mol. The molecular weight excluding hydrogens is 268 g/mol. The summed E-state index contributed by atoms with van der Waals surface area (Å²) in [5.74, 6) is 1.53. The Bertz CT molecular complexity index is 398. The Hall–Kier alpha value is -1.30. The highest BCUT2D eigenvalue weighted by Gasteiger charge is 2.29. The van der Waals surface area contributed by atoms with Crippen molar-refractivity contribution in [2.24, 2.45) is 0 Å². The van der Waals surface area contributed by atoms with Gasteiger partial charge >= 0.3 is 0 Å². The maximum Gasteiger partial charge on any atom is 0.266 e. The van der Waals surface area contributed by atoms with E-state index in [0.29, 0.717) is 0 Å². The van der Waals surface area contributed by atoms with Crippen LogP contribution in [0.25, 0.3) is 0 Å². The van der Waals surface area contributed by atoms with Crippen LogP contribution in [-0.4, -0.2) is 48.8 Å². The summed E-state index contributed by atoms with van der Waals surface area (Å²) in [6.07, 6.45) is -0.887. The van der Waals surface area contributed by atoms with E-state index in [1.54, 1.807) is 0 Å². The van der Waals surface area contributed by atoms with Crippen molar-refractivity contribution in [3.63, 3.8) is 0 Å². The van der Waals surface area contributed by atoms with Gasteiger partial charge in [-0.05, 0) is 12.1 Å². The summed E-state index contributed by atoms with van der Waals surface area (Å²) >= 11 is 0. The van der Waals surface area contributed by atoms with E-state index in [9.17, 15) is 0 Å². The maximum atomic E-state index is 6.11. The molecule has 0 aliphatic carbocycles. The predicted octanol–water partition coefficient (Wildman–Crippen LogP) is 2.73. The lowest BCUT2D eigenvalue weighted by molar-refractivity contribution is -0.287. The monoisotopic (exact) mass is 294 g/mol. The first-order valence-electron chi connectivity index (χ1n) is 7.78. The zero-order valence-electron chi connectivity index (χ0n) is 13.4. The highest BCUT2D eigenvalue weighted by Crippen LogP contribution is 2.26. The quantitative estimate of drug-likeness (QED) is 0.806. The molecular formula is C16H26N2O3. The number of nitrogens with zero attached hydrogens (tertiary/aromatic N) is 2. The molecule has 5 nitrogen and oxygen atoms in total. The second-order valence-corrected chi connectivity index (χ2v) is 4.90. The second kappa shape index (κ2) is 7.64. The standard InChI is InChI=1S/C16H26N2O3/c1-5-17(6-2)15-19-13-10-9-11-14(12-13)20-16(21-15)18(7-3)8-4/h9-12,15-16H,5-8H2,1-4H3. The molecule has 21 heavy (non-hydrogen) atoms. The molecule has 0 saturated heterocycles. The Labute approximate surface area is 127 Å². The maximum absolute atomic E-state index is 6.11. The molecule has 1 aliphatic heterocycles. The van der Waals surface area contributed by atoms with Gasteiger partial charge in [-0.15, -0.1) is 0 Å². The number of ether oxygens (including phenoxy) is 3. The van der Waals surface area contributed by atoms with Gasteiger partial charge in [-0.1, -0.05) is 33.8 Å². The summed E-state index contributed by atoms with van der Waals surface area (Å²) in [5, 5.41) is 0. The molecule has 0 fully saturated rings. The van der Waals surface area contributed by atoms with E-state index in [1.165, 1.54) is 0 Å². The summed E-state index contributed by atoms with van der Waals surface area (Å²) in [7, 11) is 0. The van der Waals surface area contributed by atoms with Gasteiger partial charge in [0.15, 0.2) is 0 Å². The fourth-order valence-corrected chi connectivity index (χ4v) is 2.37. The van der Waals surface area contributed by atoms with Crippen molar-refractivity contribution in [2.75, 3.05) is 26.2 Å². The first-order valence-corrected chi connectivity index (χ1v) is 7.78. The number of hydrogen-bond acceptors (Lipinski definition) is 5. The van der Waals surface area contributed by atoms with Crippen LogP contribution in [0.5, 0.6) is 11.5 Å². The van der Waals surface area contributed by atoms with E-state index >= 15 is 0 Å². The zero-order valence-corrected chi connectivity index (χ0v) is 13.4. The minimum Gasteiger partial charge on any atom is -0.451 e. The van der Waals surface area contributed by atoms with Crippen LogP contribution in [0.3, 0.4) is 0 Å². The topological polar surface area (TPSA) is 34.2 Å². The lowest BCUT2D eigenvalue weighted by atomic mass is 10.3. The number of fused-ring (bicyclic) bond motifs is 2. The second-order valence-electron chi connectivity index (χ2n) is 4.90. The molecule has 1 heterocycles. The lowest BCUT2D eigenvalue weighted by Crippen LogP contribution is -2.50. The van der Waals surface area contributed by atoms with Gasteiger partial charge in [0.25, 0.3) is 12.8 Å². The molecule has 1 aromatic rings. The summed E-state index contributed by atoms with van der Waals surface area (Å²) in [6.45, 7) is 11.8. The van der Waals surface area contributed by atoms with Gasteiger partial charge in [0, 0.05) is 32.2 Å². The van der Waals surface area contributed by atoms with Crippen molar-refractivity contribution >= 4 is 0 Å². The van der Waals surface area contributed by atoms with E-state index in [0.717, 1.165) is 37.7 Å². The summed E-state index contributed by atoms with van der Waals surface area (Å²) in [4.78, 5) is 4.25. The first kappa shape index (κ1) is 16.1. The molecule has 0 aromatic heterocycles. The van der Waals surface area contributed by atoms with Crippen LogP contribution in [0.2, 0.25) is 0 Å². The highest BCUT2D eigenvalue weighted by atomic mass is 16.8. The largest absolute Gasteiger partial charge is 0.451 e. The van der Waals surface area contributed by atoms with Crippen LogP contribution < -0.4 is 9.47 Å². The molecule has 0 amide bonds. The third-order valence-electron chi connectivity index (χ3n) is 3.73. The molecule has 0 radical (unpaired) electrons. The van der Waals surface area contributed by atoms with Crippen LogP contribution in [0.15, 0.2) is 24.3 Å². The van der Waals surface area contributed by atoms with Crippen molar-refractivity contribution in [1.82, 2.24) is 9.80 Å². The van der Waals surface area contributed by atoms with Gasteiger partial charge in [0.1, 0.15) is 11.5 Å². The molecule has 0 spiro atoms. The number of hydrogen-bond donors (Lipinski definition) is 0. The van der Waals surface area contributed by atoms with Crippen LogP contribution in [0.4, 0.5) is 0 Å². The third-order valence-corrected chi connectivity index (χ3v) is 3.73. The molecule has 5 heteroatoms. The van der Waals surface area contributed by atoms with Crippen molar-refractivity contribution in [3.05, 3.63) is 24.3 Å². The predicted molar refractivity (Wildman–Crippen MR) is 82.2 cm³/mol. The van der Waals surface area contributed by atoms with Gasteiger partial charge < -0.3 is 9.47 Å². The molecule has 0 N–H and O–H groups in total. The van der Waals surface area contributed by atoms with Crippen molar-refractivity contribution < 1.29 is 14.2 Å². The average Bonchev–Trinajstić information content (AvgIpc) is 2.48. The normalized spacial score (nSPS) is 21.6. The van der Waals surface area contributed by atoms with Gasteiger partial charge in [-0.25, -0.2) is 9.80 Å². The summed E-state index contributed by atoms with van der Waals surface area (Å²) in [6, 6.07) is 7.69. The Balaban J connectivity index is 2.27. The van der Waals surface area contributed by atoms with Crippen molar-refractivity contribution in [1.29, 1.82) is 0 Å². The Morgan fingerprint density at radius 2 is 1.24 bits per heavy atom. The molecule has 2 unspecified atom stereocenters. The van der Waals surface area contributed by atoms with E-state index < -0.39 is 12.8 Å². The third kappa shape index (κ3) is 3.87. The van der Waals surface area contributed by atoms with Gasteiger partial charge in [0.05, 0.1) is 0 Å².